The Hall–Kier alpha value is -0.980. The van der Waals surface area contributed by atoms with Crippen LogP contribution in [0.2, 0.25) is 0 Å². The van der Waals surface area contributed by atoms with Crippen LogP contribution in [0.4, 0.5) is 0 Å². The van der Waals surface area contributed by atoms with Crippen LogP contribution in [0.3, 0.4) is 0 Å². The number of nitrogens with one attached hydrogen (secondary N) is 1. The van der Waals surface area contributed by atoms with Crippen molar-refractivity contribution in [3.05, 3.63) is 22.9 Å². The summed E-state index contributed by atoms with van der Waals surface area (Å²) in [5.41, 5.74) is 4.54. The molecule has 3 nitrogen and oxygen atoms in total. The third-order valence-electron chi connectivity index (χ3n) is 2.28. The average molecular weight is 213 g/mol. The van der Waals surface area contributed by atoms with Gasteiger partial charge in [0.05, 0.1) is 11.9 Å². The first-order valence-corrected chi connectivity index (χ1v) is 5.14. The summed E-state index contributed by atoms with van der Waals surface area (Å²) in [7, 11) is 0. The van der Waals surface area contributed by atoms with E-state index in [0.717, 1.165) is 37.0 Å². The van der Waals surface area contributed by atoms with Gasteiger partial charge in [0.2, 0.25) is 0 Å². The van der Waals surface area contributed by atoms with E-state index in [2.05, 4.69) is 5.48 Å². The fraction of sp³-hybridized carbons (Fsp3) is 0.500. The Morgan fingerprint density at radius 2 is 2.29 bits per heavy atom. The Morgan fingerprint density at radius 3 is 2.86 bits per heavy atom. The molecule has 4 heteroatoms. The van der Waals surface area contributed by atoms with Crippen LogP contribution in [0.5, 0.6) is 0 Å². The van der Waals surface area contributed by atoms with Crippen molar-refractivity contribution in [2.75, 3.05) is 5.88 Å². The van der Waals surface area contributed by atoms with Crippen molar-refractivity contribution in [3.8, 4) is 6.07 Å². The number of alkyl halides is 1. The maximum absolute atomic E-state index is 8.87. The van der Waals surface area contributed by atoms with Crippen LogP contribution in [-0.2, 0) is 0 Å². The molecule has 14 heavy (non-hydrogen) atoms. The molecule has 0 saturated heterocycles. The highest BCUT2D eigenvalue weighted by atomic mass is 35.5. The zero-order valence-corrected chi connectivity index (χ0v) is 8.64. The Balaban J connectivity index is 2.88. The number of hydrogen-bond acceptors (Lipinski definition) is 3. The van der Waals surface area contributed by atoms with Gasteiger partial charge in [-0.2, -0.15) is 5.26 Å². The summed E-state index contributed by atoms with van der Waals surface area (Å²) < 4.78 is 0. The van der Waals surface area contributed by atoms with Crippen LogP contribution >= 0.6 is 11.6 Å². The van der Waals surface area contributed by atoms with Crippen molar-refractivity contribution in [2.45, 2.75) is 25.7 Å². The molecule has 0 aliphatic heterocycles. The number of hydroxylamine groups is 1. The van der Waals surface area contributed by atoms with Crippen molar-refractivity contribution in [2.24, 2.45) is 0 Å². The first-order chi connectivity index (χ1) is 6.81. The standard InChI is InChI=1S/C10H13ClN2O/c11-6-8(7-12)5-9-3-1-2-4-10(9)13-14/h5,13-14H,1-4,6H2/b8-5+. The van der Waals surface area contributed by atoms with Gasteiger partial charge in [-0.15, -0.1) is 11.6 Å². The summed E-state index contributed by atoms with van der Waals surface area (Å²) >= 11 is 5.58. The third-order valence-corrected chi connectivity index (χ3v) is 2.57. The van der Waals surface area contributed by atoms with Gasteiger partial charge in [-0.25, -0.2) is 0 Å². The van der Waals surface area contributed by atoms with Crippen LogP contribution in [0.1, 0.15) is 25.7 Å². The molecule has 0 aromatic carbocycles. The van der Waals surface area contributed by atoms with Crippen molar-refractivity contribution in [3.63, 3.8) is 0 Å². The molecule has 0 unspecified atom stereocenters. The van der Waals surface area contributed by atoms with Gasteiger partial charge in [-0.1, -0.05) is 0 Å². The number of hydrogen-bond donors (Lipinski definition) is 2. The molecule has 0 saturated carbocycles. The molecule has 0 amide bonds. The zero-order chi connectivity index (χ0) is 10.4. The quantitative estimate of drug-likeness (QED) is 0.429. The molecule has 1 rings (SSSR count). The SMILES string of the molecule is N#C/C(=C/C1=C(NO)CCCC1)CCl. The molecule has 76 valence electrons. The van der Waals surface area contributed by atoms with Crippen molar-refractivity contribution in [1.82, 2.24) is 5.48 Å². The molecular weight excluding hydrogens is 200 g/mol. The number of nitrogens with zero attached hydrogens (tertiary/aromatic N) is 1. The van der Waals surface area contributed by atoms with E-state index < -0.39 is 0 Å². The molecule has 0 spiro atoms. The number of rotatable bonds is 3. The first-order valence-electron chi connectivity index (χ1n) is 4.60. The van der Waals surface area contributed by atoms with E-state index in [1.165, 1.54) is 0 Å². The summed E-state index contributed by atoms with van der Waals surface area (Å²) in [5.74, 6) is 0.221. The van der Waals surface area contributed by atoms with Gasteiger partial charge < -0.3 is 0 Å². The van der Waals surface area contributed by atoms with Crippen LogP contribution in [0.15, 0.2) is 22.9 Å². The van der Waals surface area contributed by atoms with Crippen LogP contribution in [0, 0.1) is 11.3 Å². The Morgan fingerprint density at radius 1 is 1.57 bits per heavy atom. The average Bonchev–Trinajstić information content (AvgIpc) is 2.26. The van der Waals surface area contributed by atoms with E-state index in [1.54, 1.807) is 6.08 Å². The van der Waals surface area contributed by atoms with E-state index >= 15 is 0 Å². The minimum Gasteiger partial charge on any atom is -0.291 e. The maximum atomic E-state index is 8.87. The van der Waals surface area contributed by atoms with E-state index in [-0.39, 0.29) is 5.88 Å². The monoisotopic (exact) mass is 212 g/mol. The highest BCUT2D eigenvalue weighted by molar-refractivity contribution is 6.19. The lowest BCUT2D eigenvalue weighted by Crippen LogP contribution is -2.13. The maximum Gasteiger partial charge on any atom is 0.0959 e. The smallest absolute Gasteiger partial charge is 0.0959 e. The second kappa shape index (κ2) is 5.69. The largest absolute Gasteiger partial charge is 0.291 e. The van der Waals surface area contributed by atoms with Gasteiger partial charge in [0.15, 0.2) is 0 Å². The second-order valence-electron chi connectivity index (χ2n) is 3.24. The molecule has 0 aromatic rings. The molecule has 2 N–H and O–H groups in total. The van der Waals surface area contributed by atoms with Gasteiger partial charge in [0, 0.05) is 11.3 Å². The molecule has 1 aliphatic rings. The summed E-state index contributed by atoms with van der Waals surface area (Å²) in [6, 6.07) is 2.03. The van der Waals surface area contributed by atoms with Crippen LogP contribution in [0.25, 0.3) is 0 Å². The minimum absolute atomic E-state index is 0.221. The van der Waals surface area contributed by atoms with Gasteiger partial charge in [0.1, 0.15) is 0 Å². The summed E-state index contributed by atoms with van der Waals surface area (Å²) in [4.78, 5) is 0. The normalized spacial score (nSPS) is 17.9. The predicted octanol–water partition coefficient (Wildman–Crippen LogP) is 2.48. The highest BCUT2D eigenvalue weighted by Gasteiger charge is 2.10. The lowest BCUT2D eigenvalue weighted by atomic mass is 9.95. The molecular formula is C10H13ClN2O. The molecule has 0 fully saturated rings. The van der Waals surface area contributed by atoms with E-state index in [0.29, 0.717) is 5.57 Å². The van der Waals surface area contributed by atoms with E-state index in [4.69, 9.17) is 22.1 Å². The number of allylic oxidation sites excluding steroid dienone is 4. The fourth-order valence-corrected chi connectivity index (χ4v) is 1.66. The predicted molar refractivity (Wildman–Crippen MR) is 54.8 cm³/mol. The summed E-state index contributed by atoms with van der Waals surface area (Å²) in [6.07, 6.45) is 5.67. The van der Waals surface area contributed by atoms with Crippen LogP contribution < -0.4 is 5.48 Å². The van der Waals surface area contributed by atoms with E-state index in [1.807, 2.05) is 6.07 Å². The topological polar surface area (TPSA) is 56.0 Å². The molecule has 0 radical (unpaired) electrons. The van der Waals surface area contributed by atoms with E-state index in [9.17, 15) is 0 Å². The van der Waals surface area contributed by atoms with Gasteiger partial charge in [-0.05, 0) is 37.3 Å². The first kappa shape index (κ1) is 11.1. The summed E-state index contributed by atoms with van der Waals surface area (Å²) in [5, 5.41) is 17.6. The molecule has 0 aromatic heterocycles. The summed E-state index contributed by atoms with van der Waals surface area (Å²) in [6.45, 7) is 0. The zero-order valence-electron chi connectivity index (χ0n) is 7.89. The molecule has 0 atom stereocenters. The lowest BCUT2D eigenvalue weighted by molar-refractivity contribution is 0.192. The fourth-order valence-electron chi connectivity index (χ4n) is 1.53. The van der Waals surface area contributed by atoms with Crippen molar-refractivity contribution >= 4 is 11.6 Å². The van der Waals surface area contributed by atoms with Gasteiger partial charge in [0.25, 0.3) is 0 Å². The Kier molecular flexibility index (Phi) is 4.51. The molecule has 0 bridgehead atoms. The molecule has 1 aliphatic carbocycles. The number of nitriles is 1. The number of halogens is 1. The van der Waals surface area contributed by atoms with Gasteiger partial charge in [-0.3, -0.25) is 10.7 Å². The Bertz CT molecular complexity index is 302. The minimum atomic E-state index is 0.221. The molecule has 0 heterocycles. The van der Waals surface area contributed by atoms with Crippen molar-refractivity contribution in [1.29, 1.82) is 5.26 Å². The highest BCUT2D eigenvalue weighted by Crippen LogP contribution is 2.24. The van der Waals surface area contributed by atoms with Crippen LogP contribution in [-0.4, -0.2) is 11.1 Å². The Labute approximate surface area is 88.6 Å². The van der Waals surface area contributed by atoms with Gasteiger partial charge >= 0.3 is 0 Å². The third kappa shape index (κ3) is 2.76. The lowest BCUT2D eigenvalue weighted by Gasteiger charge is -2.16. The van der Waals surface area contributed by atoms with Crippen molar-refractivity contribution < 1.29 is 5.21 Å². The second-order valence-corrected chi connectivity index (χ2v) is 3.50.